The van der Waals surface area contributed by atoms with Crippen LogP contribution in [0, 0.1) is 12.7 Å². The zero-order valence-electron chi connectivity index (χ0n) is 22.3. The lowest BCUT2D eigenvalue weighted by Crippen LogP contribution is -2.27. The van der Waals surface area contributed by atoms with Crippen LogP contribution in [-0.2, 0) is 0 Å². The molecule has 5 rings (SSSR count). The molecule has 6 nitrogen and oxygen atoms in total. The first-order valence-corrected chi connectivity index (χ1v) is 13.8. The zero-order chi connectivity index (χ0) is 27.4. The van der Waals surface area contributed by atoms with Gasteiger partial charge in [-0.1, -0.05) is 43.3 Å². The molecule has 1 aliphatic heterocycles. The first kappa shape index (κ1) is 26.9. The molecule has 0 saturated carbocycles. The Morgan fingerprint density at radius 3 is 2.77 bits per heavy atom. The van der Waals surface area contributed by atoms with Crippen LogP contribution in [0.5, 0.6) is 0 Å². The Labute approximate surface area is 234 Å². The molecule has 0 spiro atoms. The van der Waals surface area contributed by atoms with E-state index in [0.717, 1.165) is 66.1 Å². The summed E-state index contributed by atoms with van der Waals surface area (Å²) >= 11 is 6.20. The second-order valence-electron chi connectivity index (χ2n) is 10.0. The highest BCUT2D eigenvalue weighted by Gasteiger charge is 2.19. The molecule has 2 aromatic carbocycles. The van der Waals surface area contributed by atoms with Gasteiger partial charge in [0.2, 0.25) is 5.95 Å². The van der Waals surface area contributed by atoms with Crippen LogP contribution in [0.1, 0.15) is 60.4 Å². The summed E-state index contributed by atoms with van der Waals surface area (Å²) in [6, 6.07) is 15.3. The smallest absolute Gasteiger partial charge is 0.229 e. The molecule has 0 bridgehead atoms. The minimum Gasteiger partial charge on any atom is -0.378 e. The summed E-state index contributed by atoms with van der Waals surface area (Å²) in [5.41, 5.74) is 5.21. The lowest BCUT2D eigenvalue weighted by Gasteiger charge is -2.23. The summed E-state index contributed by atoms with van der Waals surface area (Å²) in [5, 5.41) is 10.8. The number of rotatable bonds is 9. The van der Waals surface area contributed by atoms with Gasteiger partial charge in [-0.2, -0.15) is 4.98 Å². The van der Waals surface area contributed by atoms with Gasteiger partial charge < -0.3 is 20.5 Å². The molecule has 39 heavy (non-hydrogen) atoms. The fourth-order valence-electron chi connectivity index (χ4n) is 5.10. The second-order valence-corrected chi connectivity index (χ2v) is 10.5. The van der Waals surface area contributed by atoms with Gasteiger partial charge in [0.25, 0.3) is 0 Å². The summed E-state index contributed by atoms with van der Waals surface area (Å²) < 4.78 is 16.9. The Kier molecular flexibility index (Phi) is 8.29. The first-order valence-electron chi connectivity index (χ1n) is 13.4. The molecule has 1 atom stereocenters. The van der Waals surface area contributed by atoms with E-state index in [1.54, 1.807) is 6.20 Å². The van der Waals surface area contributed by atoms with E-state index in [4.69, 9.17) is 16.6 Å². The van der Waals surface area contributed by atoms with Gasteiger partial charge in [-0.15, -0.1) is 0 Å². The van der Waals surface area contributed by atoms with Gasteiger partial charge in [-0.25, -0.2) is 9.37 Å². The lowest BCUT2D eigenvalue weighted by atomic mass is 9.90. The second kappa shape index (κ2) is 12.0. The first-order chi connectivity index (χ1) is 18.9. The van der Waals surface area contributed by atoms with Gasteiger partial charge in [0.05, 0.1) is 6.04 Å². The Balaban J connectivity index is 1.30. The highest BCUT2D eigenvalue weighted by atomic mass is 35.5. The van der Waals surface area contributed by atoms with Crippen LogP contribution in [0.3, 0.4) is 0 Å². The Morgan fingerprint density at radius 1 is 1.21 bits per heavy atom. The maximum atomic E-state index is 14.9. The Bertz CT molecular complexity index is 1460. The molecule has 8 heteroatoms. The Morgan fingerprint density at radius 2 is 2.03 bits per heavy atom. The third-order valence-corrected chi connectivity index (χ3v) is 7.51. The highest BCUT2D eigenvalue weighted by molar-refractivity contribution is 6.30. The maximum Gasteiger partial charge on any atom is 0.229 e. The average molecular weight is 545 g/mol. The zero-order valence-corrected chi connectivity index (χ0v) is 23.1. The fourth-order valence-corrected chi connectivity index (χ4v) is 5.30. The topological polar surface area (TPSA) is 66.8 Å². The van der Waals surface area contributed by atoms with Crippen LogP contribution in [-0.4, -0.2) is 27.6 Å². The normalized spacial score (nSPS) is 14.7. The monoisotopic (exact) mass is 544 g/mol. The molecule has 1 unspecified atom stereocenters. The average Bonchev–Trinajstić information content (AvgIpc) is 3.44. The van der Waals surface area contributed by atoms with Crippen LogP contribution in [0.4, 0.5) is 16.0 Å². The number of piperidine rings is 1. The molecule has 0 radical (unpaired) electrons. The quantitative estimate of drug-likeness (QED) is 0.206. The number of halogens is 2. The van der Waals surface area contributed by atoms with Crippen molar-refractivity contribution < 1.29 is 4.39 Å². The van der Waals surface area contributed by atoms with Crippen molar-refractivity contribution in [1.82, 2.24) is 25.2 Å². The van der Waals surface area contributed by atoms with Crippen LogP contribution in [0.2, 0.25) is 5.02 Å². The number of aromatic nitrogens is 3. The third kappa shape index (κ3) is 6.32. The summed E-state index contributed by atoms with van der Waals surface area (Å²) in [6.07, 6.45) is 8.51. The van der Waals surface area contributed by atoms with E-state index in [2.05, 4.69) is 40.5 Å². The van der Waals surface area contributed by atoms with E-state index in [-0.39, 0.29) is 17.8 Å². The molecule has 4 aromatic rings. The van der Waals surface area contributed by atoms with Crippen molar-refractivity contribution in [3.63, 3.8) is 0 Å². The number of nitrogens with zero attached hydrogens (tertiary/aromatic N) is 3. The molecular formula is C31H34ClFN6. The van der Waals surface area contributed by atoms with Gasteiger partial charge in [-0.05, 0) is 86.7 Å². The van der Waals surface area contributed by atoms with Crippen molar-refractivity contribution in [1.29, 1.82) is 0 Å². The number of aryl methyl sites for hydroxylation is 1. The van der Waals surface area contributed by atoms with Crippen LogP contribution in [0.15, 0.2) is 73.7 Å². The minimum absolute atomic E-state index is 0.0951. The summed E-state index contributed by atoms with van der Waals surface area (Å²) in [5.74, 6) is 1.21. The molecule has 1 aliphatic rings. The van der Waals surface area contributed by atoms with E-state index in [0.29, 0.717) is 16.7 Å². The van der Waals surface area contributed by atoms with Crippen molar-refractivity contribution in [3.05, 3.63) is 107 Å². The SMILES string of the molecule is C=C(NC(CC)c1cccc(Cl)c1)c1ccn(-c2nc(Nc3ccc(C4CCNCC4)c(F)c3)ncc2C)c1. The number of hydrogen-bond acceptors (Lipinski definition) is 5. The minimum atomic E-state index is -0.191. The lowest BCUT2D eigenvalue weighted by molar-refractivity contribution is 0.445. The van der Waals surface area contributed by atoms with E-state index < -0.39 is 0 Å². The van der Waals surface area contributed by atoms with E-state index in [9.17, 15) is 4.39 Å². The third-order valence-electron chi connectivity index (χ3n) is 7.27. The number of benzene rings is 2. The predicted molar refractivity (Wildman–Crippen MR) is 157 cm³/mol. The van der Waals surface area contributed by atoms with E-state index >= 15 is 0 Å². The van der Waals surface area contributed by atoms with Crippen LogP contribution < -0.4 is 16.0 Å². The molecule has 3 N–H and O–H groups in total. The molecule has 1 saturated heterocycles. The van der Waals surface area contributed by atoms with Crippen molar-refractivity contribution in [3.8, 4) is 5.82 Å². The molecule has 3 heterocycles. The Hall–Kier alpha value is -3.68. The van der Waals surface area contributed by atoms with E-state index in [1.807, 2.05) is 60.3 Å². The van der Waals surface area contributed by atoms with Gasteiger partial charge >= 0.3 is 0 Å². The summed E-state index contributed by atoms with van der Waals surface area (Å²) in [6.45, 7) is 10.2. The number of nitrogens with one attached hydrogen (secondary N) is 3. The van der Waals surface area contributed by atoms with Gasteiger partial charge in [0.1, 0.15) is 11.6 Å². The van der Waals surface area contributed by atoms with E-state index in [1.165, 1.54) is 6.07 Å². The van der Waals surface area contributed by atoms with Crippen LogP contribution in [0.25, 0.3) is 11.5 Å². The van der Waals surface area contributed by atoms with Crippen molar-refractivity contribution in [2.45, 2.75) is 45.1 Å². The van der Waals surface area contributed by atoms with Crippen molar-refractivity contribution >= 4 is 28.9 Å². The molecule has 1 fully saturated rings. The van der Waals surface area contributed by atoms with Crippen molar-refractivity contribution in [2.24, 2.45) is 0 Å². The summed E-state index contributed by atoms with van der Waals surface area (Å²) in [7, 11) is 0. The molecule has 202 valence electrons. The largest absolute Gasteiger partial charge is 0.378 e. The molecule has 2 aromatic heterocycles. The molecular weight excluding hydrogens is 511 g/mol. The van der Waals surface area contributed by atoms with Gasteiger partial charge in [-0.3, -0.25) is 0 Å². The van der Waals surface area contributed by atoms with Crippen LogP contribution >= 0.6 is 11.6 Å². The number of anilines is 2. The standard InChI is InChI=1S/C31H34ClFN6/c1-4-29(23-6-5-7-25(32)16-23)36-21(3)24-12-15-39(19-24)30-20(2)18-35-31(38-30)37-26-8-9-27(28(33)17-26)22-10-13-34-14-11-22/h5-9,12,15-19,22,29,34,36H,3-4,10-11,13-14H2,1-2H3,(H,35,37,38). The number of hydrogen-bond donors (Lipinski definition) is 3. The summed E-state index contributed by atoms with van der Waals surface area (Å²) in [4.78, 5) is 9.16. The highest BCUT2D eigenvalue weighted by Crippen LogP contribution is 2.30. The maximum absolute atomic E-state index is 14.9. The van der Waals surface area contributed by atoms with Crippen molar-refractivity contribution in [2.75, 3.05) is 18.4 Å². The van der Waals surface area contributed by atoms with Gasteiger partial charge in [0.15, 0.2) is 0 Å². The predicted octanol–water partition coefficient (Wildman–Crippen LogP) is 7.29. The molecule has 0 amide bonds. The fraction of sp³-hybridized carbons (Fsp3) is 0.290. The van der Waals surface area contributed by atoms with Gasteiger partial charge in [0, 0.05) is 46.1 Å². The molecule has 0 aliphatic carbocycles.